The first kappa shape index (κ1) is 17.9. The highest BCUT2D eigenvalue weighted by molar-refractivity contribution is 6.07. The van der Waals surface area contributed by atoms with Crippen LogP contribution in [-0.4, -0.2) is 21.8 Å². The number of carbonyl (C=O) groups excluding carboxylic acids is 2. The number of benzene rings is 2. The molecule has 28 heavy (non-hydrogen) atoms. The maximum atomic E-state index is 13.4. The van der Waals surface area contributed by atoms with Gasteiger partial charge in [-0.15, -0.1) is 0 Å². The zero-order valence-corrected chi connectivity index (χ0v) is 15.4. The minimum absolute atomic E-state index is 0.0368. The Morgan fingerprint density at radius 1 is 1.18 bits per heavy atom. The van der Waals surface area contributed by atoms with Crippen molar-refractivity contribution < 1.29 is 18.4 Å². The van der Waals surface area contributed by atoms with Gasteiger partial charge in [-0.25, -0.2) is 14.2 Å². The van der Waals surface area contributed by atoms with E-state index in [1.807, 2.05) is 31.2 Å². The van der Waals surface area contributed by atoms with Crippen molar-refractivity contribution in [2.45, 2.75) is 25.9 Å². The smallest absolute Gasteiger partial charge is 0.325 e. The Bertz CT molecular complexity index is 1060. The van der Waals surface area contributed by atoms with E-state index in [0.717, 1.165) is 10.5 Å². The standard InChI is InChI=1S/C21H18FN3O3/c1-13-6-8-15(9-7-13)21(2)19(26)25(20(27)24-21)11-17-12-28-18(23-17)14-4-3-5-16(22)10-14/h3-10,12H,11H2,1-2H3,(H,24,27). The molecule has 142 valence electrons. The lowest BCUT2D eigenvalue weighted by molar-refractivity contribution is -0.131. The van der Waals surface area contributed by atoms with Gasteiger partial charge in [-0.1, -0.05) is 35.9 Å². The minimum atomic E-state index is -1.14. The lowest BCUT2D eigenvalue weighted by atomic mass is 9.91. The first-order valence-electron chi connectivity index (χ1n) is 8.78. The molecule has 0 spiro atoms. The quantitative estimate of drug-likeness (QED) is 0.701. The molecule has 7 heteroatoms. The predicted molar refractivity (Wildman–Crippen MR) is 99.5 cm³/mol. The van der Waals surface area contributed by atoms with Gasteiger partial charge in [0.05, 0.1) is 12.2 Å². The highest BCUT2D eigenvalue weighted by atomic mass is 19.1. The largest absolute Gasteiger partial charge is 0.444 e. The maximum Gasteiger partial charge on any atom is 0.325 e. The third-order valence-corrected chi connectivity index (χ3v) is 4.85. The molecule has 0 saturated carbocycles. The summed E-state index contributed by atoms with van der Waals surface area (Å²) in [4.78, 5) is 30.8. The number of nitrogens with one attached hydrogen (secondary N) is 1. The summed E-state index contributed by atoms with van der Waals surface area (Å²) in [5.74, 6) is -0.542. The van der Waals surface area contributed by atoms with Crippen LogP contribution < -0.4 is 5.32 Å². The van der Waals surface area contributed by atoms with E-state index in [1.54, 1.807) is 19.1 Å². The van der Waals surface area contributed by atoms with Crippen LogP contribution in [0.15, 0.2) is 59.2 Å². The van der Waals surface area contributed by atoms with E-state index in [2.05, 4.69) is 10.3 Å². The summed E-state index contributed by atoms with van der Waals surface area (Å²) in [5.41, 5.74) is 1.51. The molecule has 4 rings (SSSR count). The number of hydrogen-bond donors (Lipinski definition) is 1. The second-order valence-corrected chi connectivity index (χ2v) is 6.97. The molecule has 1 aliphatic rings. The predicted octanol–water partition coefficient (Wildman–Crippen LogP) is 3.76. The van der Waals surface area contributed by atoms with Gasteiger partial charge in [-0.2, -0.15) is 0 Å². The molecule has 1 aromatic heterocycles. The van der Waals surface area contributed by atoms with E-state index in [9.17, 15) is 14.0 Å². The zero-order chi connectivity index (χ0) is 19.9. The van der Waals surface area contributed by atoms with E-state index < -0.39 is 17.4 Å². The molecule has 1 saturated heterocycles. The highest BCUT2D eigenvalue weighted by Gasteiger charge is 2.49. The van der Waals surface area contributed by atoms with Crippen molar-refractivity contribution in [3.05, 3.63) is 77.4 Å². The van der Waals surface area contributed by atoms with Crippen molar-refractivity contribution in [3.63, 3.8) is 0 Å². The molecule has 6 nitrogen and oxygen atoms in total. The van der Waals surface area contributed by atoms with Gasteiger partial charge in [0.15, 0.2) is 0 Å². The van der Waals surface area contributed by atoms with Crippen LogP contribution in [0.5, 0.6) is 0 Å². The average molecular weight is 379 g/mol. The number of urea groups is 1. The van der Waals surface area contributed by atoms with Crippen LogP contribution in [0.2, 0.25) is 0 Å². The fraction of sp³-hybridized carbons (Fsp3) is 0.190. The Labute approximate surface area is 161 Å². The van der Waals surface area contributed by atoms with Gasteiger partial charge in [0.1, 0.15) is 17.6 Å². The van der Waals surface area contributed by atoms with Gasteiger partial charge in [0.2, 0.25) is 5.89 Å². The molecule has 2 heterocycles. The van der Waals surface area contributed by atoms with E-state index in [1.165, 1.54) is 18.4 Å². The Hall–Kier alpha value is -3.48. The molecular formula is C21H18FN3O3. The molecule has 0 radical (unpaired) electrons. The molecular weight excluding hydrogens is 361 g/mol. The Balaban J connectivity index is 1.56. The van der Waals surface area contributed by atoms with Crippen LogP contribution in [-0.2, 0) is 16.9 Å². The number of nitrogens with zero attached hydrogens (tertiary/aromatic N) is 2. The van der Waals surface area contributed by atoms with Crippen molar-refractivity contribution in [2.24, 2.45) is 0 Å². The summed E-state index contributed by atoms with van der Waals surface area (Å²) in [7, 11) is 0. The van der Waals surface area contributed by atoms with Crippen LogP contribution in [0.3, 0.4) is 0 Å². The van der Waals surface area contributed by atoms with Gasteiger partial charge in [0.25, 0.3) is 5.91 Å². The van der Waals surface area contributed by atoms with Gasteiger partial charge < -0.3 is 9.73 Å². The third-order valence-electron chi connectivity index (χ3n) is 4.85. The second-order valence-electron chi connectivity index (χ2n) is 6.97. The number of carbonyl (C=O) groups is 2. The number of halogens is 1. The average Bonchev–Trinajstić information content (AvgIpc) is 3.22. The van der Waals surface area contributed by atoms with Crippen LogP contribution in [0.25, 0.3) is 11.5 Å². The van der Waals surface area contributed by atoms with Crippen molar-refractivity contribution in [2.75, 3.05) is 0 Å². The normalized spacial score (nSPS) is 19.2. The van der Waals surface area contributed by atoms with E-state index >= 15 is 0 Å². The summed E-state index contributed by atoms with van der Waals surface area (Å²) < 4.78 is 18.8. The van der Waals surface area contributed by atoms with Crippen LogP contribution >= 0.6 is 0 Å². The van der Waals surface area contributed by atoms with Gasteiger partial charge in [-0.05, 0) is 37.6 Å². The first-order valence-corrected chi connectivity index (χ1v) is 8.78. The Morgan fingerprint density at radius 3 is 2.64 bits per heavy atom. The summed E-state index contributed by atoms with van der Waals surface area (Å²) in [6.07, 6.45) is 1.36. The van der Waals surface area contributed by atoms with Crippen molar-refractivity contribution >= 4 is 11.9 Å². The summed E-state index contributed by atoms with van der Waals surface area (Å²) in [5, 5.41) is 2.76. The zero-order valence-electron chi connectivity index (χ0n) is 15.4. The molecule has 2 aromatic carbocycles. The van der Waals surface area contributed by atoms with Gasteiger partial charge >= 0.3 is 6.03 Å². The molecule has 1 aliphatic heterocycles. The van der Waals surface area contributed by atoms with Crippen LogP contribution in [0.4, 0.5) is 9.18 Å². The van der Waals surface area contributed by atoms with E-state index in [0.29, 0.717) is 16.8 Å². The molecule has 1 fully saturated rings. The lowest BCUT2D eigenvalue weighted by Gasteiger charge is -2.22. The first-order chi connectivity index (χ1) is 13.4. The number of imide groups is 1. The van der Waals surface area contributed by atoms with Crippen molar-refractivity contribution in [1.82, 2.24) is 15.2 Å². The highest BCUT2D eigenvalue weighted by Crippen LogP contribution is 2.30. The summed E-state index contributed by atoms with van der Waals surface area (Å²) in [6, 6.07) is 12.8. The fourth-order valence-corrected chi connectivity index (χ4v) is 3.22. The number of oxazole rings is 1. The number of rotatable bonds is 4. The second kappa shape index (κ2) is 6.60. The lowest BCUT2D eigenvalue weighted by Crippen LogP contribution is -2.40. The number of amides is 3. The molecule has 3 aromatic rings. The third kappa shape index (κ3) is 3.05. The number of aryl methyl sites for hydroxylation is 1. The molecule has 3 amide bonds. The summed E-state index contributed by atoms with van der Waals surface area (Å²) >= 11 is 0. The van der Waals surface area contributed by atoms with Crippen LogP contribution in [0, 0.1) is 12.7 Å². The van der Waals surface area contributed by atoms with E-state index in [4.69, 9.17) is 4.42 Å². The van der Waals surface area contributed by atoms with E-state index in [-0.39, 0.29) is 18.3 Å². The van der Waals surface area contributed by atoms with Crippen molar-refractivity contribution in [1.29, 1.82) is 0 Å². The number of aromatic nitrogens is 1. The van der Waals surface area contributed by atoms with Gasteiger partial charge in [0, 0.05) is 5.56 Å². The SMILES string of the molecule is Cc1ccc(C2(C)NC(=O)N(Cc3coc(-c4cccc(F)c4)n3)C2=O)cc1. The molecule has 1 unspecified atom stereocenters. The molecule has 0 bridgehead atoms. The minimum Gasteiger partial charge on any atom is -0.444 e. The van der Waals surface area contributed by atoms with Crippen molar-refractivity contribution in [3.8, 4) is 11.5 Å². The fourth-order valence-electron chi connectivity index (χ4n) is 3.22. The Morgan fingerprint density at radius 2 is 1.93 bits per heavy atom. The molecule has 0 aliphatic carbocycles. The molecule has 1 N–H and O–H groups in total. The monoisotopic (exact) mass is 379 g/mol. The summed E-state index contributed by atoms with van der Waals surface area (Å²) in [6.45, 7) is 3.60. The van der Waals surface area contributed by atoms with Gasteiger partial charge in [-0.3, -0.25) is 9.69 Å². The maximum absolute atomic E-state index is 13.4. The Kier molecular flexibility index (Phi) is 4.22. The topological polar surface area (TPSA) is 75.4 Å². The number of hydrogen-bond acceptors (Lipinski definition) is 4. The van der Waals surface area contributed by atoms with Crippen LogP contribution in [0.1, 0.15) is 23.7 Å². The molecule has 1 atom stereocenters.